The fraction of sp³-hybridized carbons (Fsp3) is 0.261. The van der Waals surface area contributed by atoms with Crippen LogP contribution in [0.4, 0.5) is 0 Å². The van der Waals surface area contributed by atoms with Gasteiger partial charge in [-0.2, -0.15) is 4.57 Å². The molecule has 1 aliphatic rings. The van der Waals surface area contributed by atoms with E-state index in [4.69, 9.17) is 17.3 Å². The van der Waals surface area contributed by atoms with Gasteiger partial charge in [0.1, 0.15) is 25.1 Å². The van der Waals surface area contributed by atoms with Crippen LogP contribution in [0.1, 0.15) is 25.3 Å². The number of thioether (sulfide) groups is 1. The van der Waals surface area contributed by atoms with Crippen molar-refractivity contribution in [3.05, 3.63) is 54.9 Å². The molecule has 1 aliphatic heterocycles. The van der Waals surface area contributed by atoms with E-state index >= 15 is 0 Å². The second-order valence-corrected chi connectivity index (χ2v) is 11.0. The number of carboxylic acids is 1. The van der Waals surface area contributed by atoms with Crippen LogP contribution in [0.3, 0.4) is 0 Å². The molecule has 1 N–H and O–H groups in total. The van der Waals surface area contributed by atoms with Crippen molar-refractivity contribution < 1.29 is 19.3 Å². The molecular formula is C23H22N3O4S4+. The van der Waals surface area contributed by atoms with Gasteiger partial charge in [-0.05, 0) is 26.0 Å². The third kappa shape index (κ3) is 4.65. The van der Waals surface area contributed by atoms with Gasteiger partial charge in [-0.25, -0.2) is 0 Å². The van der Waals surface area contributed by atoms with E-state index in [9.17, 15) is 14.4 Å². The van der Waals surface area contributed by atoms with Crippen LogP contribution in [0.5, 0.6) is 0 Å². The molecule has 4 rings (SSSR count). The number of thiazole rings is 2. The Bertz CT molecular complexity index is 1510. The monoisotopic (exact) mass is 532 g/mol. The molecule has 1 saturated heterocycles. The maximum Gasteiger partial charge on any atom is 0.305 e. The quantitative estimate of drug-likeness (QED) is 0.372. The first kappa shape index (κ1) is 24.5. The molecular weight excluding hydrogens is 511 g/mol. The number of para-hydroxylation sites is 1. The summed E-state index contributed by atoms with van der Waals surface area (Å²) in [6.45, 7) is 5.16. The predicted molar refractivity (Wildman–Crippen MR) is 142 cm³/mol. The molecule has 2 aromatic heterocycles. The van der Waals surface area contributed by atoms with Gasteiger partial charge in [0, 0.05) is 25.2 Å². The van der Waals surface area contributed by atoms with Crippen LogP contribution >= 0.6 is 46.7 Å². The number of amides is 1. The first-order chi connectivity index (χ1) is 16.3. The number of aromatic nitrogens is 2. The summed E-state index contributed by atoms with van der Waals surface area (Å²) in [5, 5.41) is 10.2. The highest BCUT2D eigenvalue weighted by molar-refractivity contribution is 8.30. The molecule has 3 aromatic rings. The van der Waals surface area contributed by atoms with Crippen molar-refractivity contribution in [3.63, 3.8) is 0 Å². The van der Waals surface area contributed by atoms with Gasteiger partial charge in [-0.1, -0.05) is 53.5 Å². The molecule has 176 valence electrons. The van der Waals surface area contributed by atoms with Crippen LogP contribution in [-0.4, -0.2) is 37.3 Å². The Labute approximate surface area is 213 Å². The maximum atomic E-state index is 13.1. The summed E-state index contributed by atoms with van der Waals surface area (Å²) >= 11 is 9.32. The number of thiocarbonyl (C=S) groups is 1. The number of allylic oxidation sites excluding steroid dienone is 1. The minimum atomic E-state index is -1.01. The van der Waals surface area contributed by atoms with E-state index in [0.717, 1.165) is 28.8 Å². The van der Waals surface area contributed by atoms with Gasteiger partial charge in [0.15, 0.2) is 0 Å². The molecule has 0 unspecified atom stereocenters. The molecule has 1 aromatic carbocycles. The topological polar surface area (TPSA) is 83.5 Å². The number of carboxylic acid groups (broad SMARTS) is 1. The van der Waals surface area contributed by atoms with E-state index in [1.807, 2.05) is 31.2 Å². The van der Waals surface area contributed by atoms with Crippen LogP contribution in [-0.2, 0) is 22.7 Å². The fourth-order valence-electron chi connectivity index (χ4n) is 3.63. The number of nitrogens with zero attached hydrogens (tertiary/aromatic N) is 3. The lowest BCUT2D eigenvalue weighted by Crippen LogP contribution is -2.34. The van der Waals surface area contributed by atoms with Gasteiger partial charge in [-0.15, -0.1) is 11.3 Å². The average Bonchev–Trinajstić information content (AvgIpc) is 3.42. The lowest BCUT2D eigenvalue weighted by molar-refractivity contribution is -0.665. The normalized spacial score (nSPS) is 16.5. The molecule has 7 nitrogen and oxygen atoms in total. The van der Waals surface area contributed by atoms with E-state index in [-0.39, 0.29) is 24.4 Å². The van der Waals surface area contributed by atoms with Gasteiger partial charge in [0.05, 0.1) is 11.0 Å². The number of rotatable bonds is 7. The summed E-state index contributed by atoms with van der Waals surface area (Å²) in [4.78, 5) is 39.0. The number of hydrogen-bond donors (Lipinski definition) is 1. The summed E-state index contributed by atoms with van der Waals surface area (Å²) in [5.41, 5.74) is 0.848. The zero-order valence-corrected chi connectivity index (χ0v) is 21.8. The second-order valence-electron chi connectivity index (χ2n) is 7.30. The van der Waals surface area contributed by atoms with E-state index in [0.29, 0.717) is 25.0 Å². The molecule has 0 aliphatic carbocycles. The highest BCUT2D eigenvalue weighted by atomic mass is 32.2. The Morgan fingerprint density at radius 3 is 2.65 bits per heavy atom. The van der Waals surface area contributed by atoms with Crippen molar-refractivity contribution in [2.24, 2.45) is 0 Å². The van der Waals surface area contributed by atoms with E-state index < -0.39 is 5.97 Å². The minimum absolute atomic E-state index is 0.0140. The number of aliphatic carboxylic acids is 1. The van der Waals surface area contributed by atoms with Crippen LogP contribution in [0.2, 0.25) is 0 Å². The minimum Gasteiger partial charge on any atom is -0.481 e. The molecule has 3 heterocycles. The van der Waals surface area contributed by atoms with Crippen molar-refractivity contribution in [1.29, 1.82) is 0 Å². The highest BCUT2D eigenvalue weighted by Crippen LogP contribution is 2.30. The van der Waals surface area contributed by atoms with Crippen molar-refractivity contribution in [1.82, 2.24) is 9.47 Å². The van der Waals surface area contributed by atoms with Crippen LogP contribution < -0.4 is 19.3 Å². The Morgan fingerprint density at radius 1 is 1.21 bits per heavy atom. The van der Waals surface area contributed by atoms with E-state index in [1.165, 1.54) is 25.5 Å². The smallest absolute Gasteiger partial charge is 0.305 e. The molecule has 0 radical (unpaired) electrons. The Kier molecular flexibility index (Phi) is 7.46. The van der Waals surface area contributed by atoms with Gasteiger partial charge in [0.25, 0.3) is 16.5 Å². The summed E-state index contributed by atoms with van der Waals surface area (Å²) in [5.74, 6) is -1.26. The number of benzene rings is 1. The third-order valence-electron chi connectivity index (χ3n) is 5.26. The van der Waals surface area contributed by atoms with E-state index in [1.54, 1.807) is 17.4 Å². The van der Waals surface area contributed by atoms with Crippen LogP contribution in [0.15, 0.2) is 35.1 Å². The SMILES string of the molecule is CCN1C(=O)/C(=c2/s/c(=C\C=C\c3sc4ccccc4[n+]3CC)c(=O)n2CCC(=O)O)SC1=S. The third-order valence-corrected chi connectivity index (χ3v) is 9.10. The number of hydrogen-bond acceptors (Lipinski definition) is 7. The van der Waals surface area contributed by atoms with Gasteiger partial charge < -0.3 is 5.11 Å². The second kappa shape index (κ2) is 10.3. The van der Waals surface area contributed by atoms with Gasteiger partial charge in [0.2, 0.25) is 5.52 Å². The van der Waals surface area contributed by atoms with Crippen molar-refractivity contribution in [2.45, 2.75) is 33.4 Å². The maximum absolute atomic E-state index is 13.1. The molecule has 1 amide bonds. The Hall–Kier alpha value is -2.60. The zero-order valence-electron chi connectivity index (χ0n) is 18.5. The first-order valence-corrected chi connectivity index (χ1v) is 13.5. The molecule has 0 atom stereocenters. The number of aryl methyl sites for hydroxylation is 1. The molecule has 1 fully saturated rings. The molecule has 0 bridgehead atoms. The van der Waals surface area contributed by atoms with Crippen molar-refractivity contribution >= 4 is 90.1 Å². The number of carbonyl (C=O) groups excluding carboxylic acids is 1. The largest absolute Gasteiger partial charge is 0.481 e. The van der Waals surface area contributed by atoms with Crippen molar-refractivity contribution in [2.75, 3.05) is 6.54 Å². The zero-order chi connectivity index (χ0) is 24.4. The van der Waals surface area contributed by atoms with Crippen LogP contribution in [0, 0.1) is 0 Å². The predicted octanol–water partition coefficient (Wildman–Crippen LogP) is 2.39. The number of fused-ring (bicyclic) bond motifs is 1. The van der Waals surface area contributed by atoms with E-state index in [2.05, 4.69) is 23.6 Å². The number of carbonyl (C=O) groups is 2. The summed E-state index contributed by atoms with van der Waals surface area (Å²) in [7, 11) is 0. The van der Waals surface area contributed by atoms with Gasteiger partial charge >= 0.3 is 5.97 Å². The van der Waals surface area contributed by atoms with Crippen LogP contribution in [0.25, 0.3) is 27.3 Å². The Balaban J connectivity index is 1.81. The standard InChI is InChI=1S/C23H21N3O4S4/c1-3-24-14-8-5-6-9-15(14)32-17(24)11-7-10-16-20(29)26(13-12-18(27)28)22(33-16)19-21(30)25(4-2)23(31)34-19/h5-11H,3-4,12-13H2,1-2H3/p+1/b11-7+,16-10-,22-19-. The molecule has 0 spiro atoms. The molecule has 34 heavy (non-hydrogen) atoms. The average molecular weight is 533 g/mol. The lowest BCUT2D eigenvalue weighted by Gasteiger charge is -2.09. The highest BCUT2D eigenvalue weighted by Gasteiger charge is 2.33. The summed E-state index contributed by atoms with van der Waals surface area (Å²) in [6.07, 6.45) is 5.29. The molecule has 0 saturated carbocycles. The molecule has 11 heteroatoms. The first-order valence-electron chi connectivity index (χ1n) is 10.6. The summed E-state index contributed by atoms with van der Waals surface area (Å²) < 4.78 is 6.09. The van der Waals surface area contributed by atoms with Gasteiger partial charge in [-0.3, -0.25) is 23.9 Å². The fourth-order valence-corrected chi connectivity index (χ4v) is 7.39. The lowest BCUT2D eigenvalue weighted by atomic mass is 10.3. The summed E-state index contributed by atoms with van der Waals surface area (Å²) in [6, 6.07) is 8.19. The van der Waals surface area contributed by atoms with Crippen molar-refractivity contribution in [3.8, 4) is 0 Å². The Morgan fingerprint density at radius 2 is 1.97 bits per heavy atom.